The van der Waals surface area contributed by atoms with Crippen LogP contribution in [0.3, 0.4) is 0 Å². The Kier molecular flexibility index (Phi) is 2.58. The number of nitrogens with two attached hydrogens (primary N) is 1. The Balaban J connectivity index is 2.33. The number of nitrogen functional groups attached to an aromatic ring is 1. The molecule has 0 saturated heterocycles. The van der Waals surface area contributed by atoms with Crippen LogP contribution in [0.5, 0.6) is 0 Å². The van der Waals surface area contributed by atoms with Crippen LogP contribution in [0.25, 0.3) is 16.9 Å². The molecule has 0 atom stereocenters. The van der Waals surface area contributed by atoms with Crippen molar-refractivity contribution in [3.05, 3.63) is 36.0 Å². The molecule has 0 spiro atoms. The van der Waals surface area contributed by atoms with Crippen LogP contribution in [0.15, 0.2) is 35.2 Å². The van der Waals surface area contributed by atoms with Gasteiger partial charge in [-0.3, -0.25) is 0 Å². The maximum absolute atomic E-state index is 8.88. The molecule has 1 aromatic carbocycles. The van der Waals surface area contributed by atoms with E-state index in [0.29, 0.717) is 16.2 Å². The quantitative estimate of drug-likeness (QED) is 0.653. The molecule has 0 unspecified atom stereocenters. The molecule has 0 amide bonds. The zero-order valence-corrected chi connectivity index (χ0v) is 10.5. The lowest BCUT2D eigenvalue weighted by Gasteiger charge is -1.97. The first-order chi connectivity index (χ1) is 9.22. The van der Waals surface area contributed by atoms with Crippen molar-refractivity contribution in [2.45, 2.75) is 4.90 Å². The Bertz CT molecular complexity index is 802. The minimum atomic E-state index is 0.0444. The van der Waals surface area contributed by atoms with Gasteiger partial charge < -0.3 is 5.73 Å². The minimum absolute atomic E-state index is 0.0444. The number of thiol groups is 1. The standard InChI is InChI=1S/C12H8N6S/c13-6-8-11(14)18-12(16-15-8)10(19)9(17-18)7-4-2-1-3-5-7/h1-5,19H,14H2. The van der Waals surface area contributed by atoms with Gasteiger partial charge in [0.2, 0.25) is 5.69 Å². The zero-order chi connectivity index (χ0) is 13.4. The number of rotatable bonds is 1. The van der Waals surface area contributed by atoms with Crippen LogP contribution < -0.4 is 5.73 Å². The molecule has 19 heavy (non-hydrogen) atoms. The van der Waals surface area contributed by atoms with Gasteiger partial charge in [0.05, 0.1) is 4.90 Å². The summed E-state index contributed by atoms with van der Waals surface area (Å²) in [5, 5.41) is 20.9. The third-order valence-electron chi connectivity index (χ3n) is 2.71. The Morgan fingerprint density at radius 3 is 2.63 bits per heavy atom. The summed E-state index contributed by atoms with van der Waals surface area (Å²) < 4.78 is 1.39. The zero-order valence-electron chi connectivity index (χ0n) is 9.65. The average molecular weight is 268 g/mol. The third-order valence-corrected chi connectivity index (χ3v) is 3.12. The molecule has 3 aromatic rings. The molecule has 2 aromatic heterocycles. The van der Waals surface area contributed by atoms with E-state index in [1.54, 1.807) is 0 Å². The number of fused-ring (bicyclic) bond motifs is 1. The molecule has 6 nitrogen and oxygen atoms in total. The van der Waals surface area contributed by atoms with Gasteiger partial charge in [-0.15, -0.1) is 22.8 Å². The van der Waals surface area contributed by atoms with E-state index in [4.69, 9.17) is 11.0 Å². The SMILES string of the molecule is N#Cc1nnc2c(S)c(-c3ccccc3)nn2c1N. The molecule has 3 rings (SSSR count). The number of nitriles is 1. The smallest absolute Gasteiger partial charge is 0.205 e. The summed E-state index contributed by atoms with van der Waals surface area (Å²) in [5.74, 6) is 0.157. The van der Waals surface area contributed by atoms with Crippen molar-refractivity contribution < 1.29 is 0 Å². The van der Waals surface area contributed by atoms with Gasteiger partial charge in [-0.2, -0.15) is 14.9 Å². The Morgan fingerprint density at radius 1 is 1.21 bits per heavy atom. The molecule has 0 aliphatic heterocycles. The molecule has 0 aliphatic rings. The van der Waals surface area contributed by atoms with Gasteiger partial charge in [-0.1, -0.05) is 30.3 Å². The number of benzene rings is 1. The maximum atomic E-state index is 8.88. The van der Waals surface area contributed by atoms with Crippen LogP contribution >= 0.6 is 12.6 Å². The van der Waals surface area contributed by atoms with Gasteiger partial charge in [0.15, 0.2) is 11.5 Å². The van der Waals surface area contributed by atoms with E-state index >= 15 is 0 Å². The van der Waals surface area contributed by atoms with E-state index in [1.807, 2.05) is 36.4 Å². The van der Waals surface area contributed by atoms with Crippen LogP contribution in [-0.4, -0.2) is 19.8 Å². The first kappa shape index (κ1) is 11.5. The van der Waals surface area contributed by atoms with E-state index in [0.717, 1.165) is 5.56 Å². The molecular weight excluding hydrogens is 260 g/mol. The number of nitrogens with zero attached hydrogens (tertiary/aromatic N) is 5. The fraction of sp³-hybridized carbons (Fsp3) is 0. The van der Waals surface area contributed by atoms with E-state index in [2.05, 4.69) is 27.9 Å². The lowest BCUT2D eigenvalue weighted by molar-refractivity contribution is 0.892. The van der Waals surface area contributed by atoms with Crippen molar-refractivity contribution in [2.75, 3.05) is 5.73 Å². The largest absolute Gasteiger partial charge is 0.381 e. The van der Waals surface area contributed by atoms with Crippen LogP contribution in [0.1, 0.15) is 5.69 Å². The summed E-state index contributed by atoms with van der Waals surface area (Å²) in [5.41, 5.74) is 7.86. The minimum Gasteiger partial charge on any atom is -0.381 e. The predicted octanol–water partition coefficient (Wildman–Crippen LogP) is 1.53. The summed E-state index contributed by atoms with van der Waals surface area (Å²) in [6, 6.07) is 11.4. The second-order valence-electron chi connectivity index (χ2n) is 3.84. The summed E-state index contributed by atoms with van der Waals surface area (Å²) >= 11 is 4.41. The van der Waals surface area contributed by atoms with Gasteiger partial charge in [0.25, 0.3) is 0 Å². The summed E-state index contributed by atoms with van der Waals surface area (Å²) in [6.07, 6.45) is 0. The number of hydrogen-bond donors (Lipinski definition) is 2. The number of anilines is 1. The summed E-state index contributed by atoms with van der Waals surface area (Å²) in [7, 11) is 0. The molecule has 2 N–H and O–H groups in total. The number of aromatic nitrogens is 4. The van der Waals surface area contributed by atoms with Crippen LogP contribution in [0, 0.1) is 11.3 Å². The molecule has 0 aliphatic carbocycles. The highest BCUT2D eigenvalue weighted by atomic mass is 32.1. The number of hydrogen-bond acceptors (Lipinski definition) is 6. The molecule has 92 valence electrons. The van der Waals surface area contributed by atoms with Gasteiger partial charge >= 0.3 is 0 Å². The summed E-state index contributed by atoms with van der Waals surface area (Å²) in [4.78, 5) is 0.579. The molecular formula is C12H8N6S. The maximum Gasteiger partial charge on any atom is 0.205 e. The van der Waals surface area contributed by atoms with Crippen molar-refractivity contribution >= 4 is 24.1 Å². The first-order valence-electron chi connectivity index (χ1n) is 5.41. The molecule has 2 heterocycles. The van der Waals surface area contributed by atoms with Crippen molar-refractivity contribution in [1.29, 1.82) is 5.26 Å². The fourth-order valence-corrected chi connectivity index (χ4v) is 2.09. The lowest BCUT2D eigenvalue weighted by Crippen LogP contribution is -2.05. The highest BCUT2D eigenvalue weighted by Crippen LogP contribution is 2.29. The first-order valence-corrected chi connectivity index (χ1v) is 5.86. The highest BCUT2D eigenvalue weighted by molar-refractivity contribution is 7.80. The predicted molar refractivity (Wildman–Crippen MR) is 72.6 cm³/mol. The molecule has 0 saturated carbocycles. The highest BCUT2D eigenvalue weighted by Gasteiger charge is 2.16. The topological polar surface area (TPSA) is 92.9 Å². The van der Waals surface area contributed by atoms with Crippen molar-refractivity contribution in [2.24, 2.45) is 0 Å². The van der Waals surface area contributed by atoms with Crippen LogP contribution in [0.4, 0.5) is 5.82 Å². The Morgan fingerprint density at radius 2 is 1.95 bits per heavy atom. The Labute approximate surface area is 113 Å². The summed E-state index contributed by atoms with van der Waals surface area (Å²) in [6.45, 7) is 0. The molecule has 0 bridgehead atoms. The van der Waals surface area contributed by atoms with Gasteiger partial charge in [0.1, 0.15) is 11.8 Å². The monoisotopic (exact) mass is 268 g/mol. The molecule has 0 radical (unpaired) electrons. The normalized spacial score (nSPS) is 10.5. The molecule has 7 heteroatoms. The van der Waals surface area contributed by atoms with Crippen LogP contribution in [0.2, 0.25) is 0 Å². The molecule has 0 fully saturated rings. The van der Waals surface area contributed by atoms with E-state index in [-0.39, 0.29) is 11.5 Å². The van der Waals surface area contributed by atoms with Gasteiger partial charge in [-0.05, 0) is 0 Å². The van der Waals surface area contributed by atoms with E-state index in [1.165, 1.54) is 4.52 Å². The lowest BCUT2D eigenvalue weighted by atomic mass is 10.2. The Hall–Kier alpha value is -2.59. The van der Waals surface area contributed by atoms with Crippen molar-refractivity contribution in [3.8, 4) is 17.3 Å². The second-order valence-corrected chi connectivity index (χ2v) is 4.29. The van der Waals surface area contributed by atoms with E-state index < -0.39 is 0 Å². The van der Waals surface area contributed by atoms with E-state index in [9.17, 15) is 0 Å². The third kappa shape index (κ3) is 1.70. The fourth-order valence-electron chi connectivity index (χ4n) is 1.78. The van der Waals surface area contributed by atoms with Crippen LogP contribution in [-0.2, 0) is 0 Å². The van der Waals surface area contributed by atoms with Crippen molar-refractivity contribution in [1.82, 2.24) is 19.8 Å². The van der Waals surface area contributed by atoms with Gasteiger partial charge in [0, 0.05) is 5.56 Å². The van der Waals surface area contributed by atoms with Gasteiger partial charge in [-0.25, -0.2) is 0 Å². The van der Waals surface area contributed by atoms with Crippen molar-refractivity contribution in [3.63, 3.8) is 0 Å². The second kappa shape index (κ2) is 4.26. The average Bonchev–Trinajstić information content (AvgIpc) is 2.79.